The minimum atomic E-state index is -0.765. The van der Waals surface area contributed by atoms with Crippen LogP contribution in [-0.2, 0) is 20.3 Å². The molecular formula is C16H26O3Si. The lowest BCUT2D eigenvalue weighted by Gasteiger charge is -2.16. The fraction of sp³-hybridized carbons (Fsp3) is 0.500. The zero-order valence-corrected chi connectivity index (χ0v) is 14.1. The summed E-state index contributed by atoms with van der Waals surface area (Å²) in [5.74, 6) is -0.100. The molecule has 112 valence electrons. The Kier molecular flexibility index (Phi) is 9.24. The Balaban J connectivity index is 2.15. The molecule has 0 heterocycles. The van der Waals surface area contributed by atoms with Crippen LogP contribution < -0.4 is 0 Å². The standard InChI is InChI=1S/C16H26O3Si/c1-4-14-9-11-15(12-10-14)8-7-13-19-20-16(17-5-2)18-6-3/h4,9-12,16H,1,5-8,13,20H2,2-3H3. The zero-order chi connectivity index (χ0) is 14.6. The first-order valence-electron chi connectivity index (χ1n) is 7.32. The molecule has 0 aliphatic heterocycles. The molecule has 1 aromatic rings. The third kappa shape index (κ3) is 7.00. The van der Waals surface area contributed by atoms with Crippen LogP contribution in [0.5, 0.6) is 0 Å². The van der Waals surface area contributed by atoms with E-state index in [0.717, 1.165) is 25.0 Å². The highest BCUT2D eigenvalue weighted by Crippen LogP contribution is 2.07. The molecule has 0 N–H and O–H groups in total. The Labute approximate surface area is 124 Å². The fourth-order valence-corrected chi connectivity index (χ4v) is 3.12. The predicted octanol–water partition coefficient (Wildman–Crippen LogP) is 2.72. The molecule has 4 heteroatoms. The molecule has 0 aromatic heterocycles. The number of benzene rings is 1. The van der Waals surface area contributed by atoms with Crippen LogP contribution in [0.15, 0.2) is 30.8 Å². The third-order valence-corrected chi connectivity index (χ3v) is 4.20. The van der Waals surface area contributed by atoms with Crippen LogP contribution in [0.3, 0.4) is 0 Å². The first kappa shape index (κ1) is 17.1. The van der Waals surface area contributed by atoms with Gasteiger partial charge in [0.2, 0.25) is 9.76 Å². The number of hydrogen-bond donors (Lipinski definition) is 0. The van der Waals surface area contributed by atoms with Crippen LogP contribution in [-0.4, -0.2) is 35.5 Å². The van der Waals surface area contributed by atoms with Crippen LogP contribution in [0, 0.1) is 0 Å². The van der Waals surface area contributed by atoms with Crippen molar-refractivity contribution in [2.75, 3.05) is 19.8 Å². The number of aryl methyl sites for hydroxylation is 1. The van der Waals surface area contributed by atoms with Crippen LogP contribution in [0.2, 0.25) is 0 Å². The van der Waals surface area contributed by atoms with E-state index in [1.54, 1.807) is 0 Å². The topological polar surface area (TPSA) is 27.7 Å². The summed E-state index contributed by atoms with van der Waals surface area (Å²) in [7, 11) is -0.765. The predicted molar refractivity (Wildman–Crippen MR) is 86.4 cm³/mol. The molecular weight excluding hydrogens is 268 g/mol. The van der Waals surface area contributed by atoms with Gasteiger partial charge in [-0.3, -0.25) is 0 Å². The van der Waals surface area contributed by atoms with Crippen molar-refractivity contribution >= 4 is 15.8 Å². The van der Waals surface area contributed by atoms with Crippen LogP contribution in [0.1, 0.15) is 31.4 Å². The maximum absolute atomic E-state index is 5.74. The van der Waals surface area contributed by atoms with Gasteiger partial charge in [0.15, 0.2) is 5.91 Å². The molecule has 0 unspecified atom stereocenters. The second-order valence-electron chi connectivity index (χ2n) is 4.46. The van der Waals surface area contributed by atoms with Crippen LogP contribution in [0.4, 0.5) is 0 Å². The van der Waals surface area contributed by atoms with Crippen molar-refractivity contribution in [3.05, 3.63) is 42.0 Å². The summed E-state index contributed by atoms with van der Waals surface area (Å²) in [6.45, 7) is 9.85. The van der Waals surface area contributed by atoms with Gasteiger partial charge in [-0.25, -0.2) is 0 Å². The van der Waals surface area contributed by atoms with Crippen molar-refractivity contribution in [2.24, 2.45) is 0 Å². The summed E-state index contributed by atoms with van der Waals surface area (Å²) in [5.41, 5.74) is 2.50. The third-order valence-electron chi connectivity index (χ3n) is 2.93. The lowest BCUT2D eigenvalue weighted by molar-refractivity contribution is -0.0899. The molecule has 1 aromatic carbocycles. The lowest BCUT2D eigenvalue weighted by Crippen LogP contribution is -2.27. The highest BCUT2D eigenvalue weighted by molar-refractivity contribution is 6.28. The van der Waals surface area contributed by atoms with Crippen LogP contribution >= 0.6 is 0 Å². The second kappa shape index (κ2) is 10.8. The quantitative estimate of drug-likeness (QED) is 0.357. The Morgan fingerprint density at radius 3 is 2.35 bits per heavy atom. The van der Waals surface area contributed by atoms with E-state index >= 15 is 0 Å². The Morgan fingerprint density at radius 2 is 1.80 bits per heavy atom. The summed E-state index contributed by atoms with van der Waals surface area (Å²) in [5, 5.41) is 0. The van der Waals surface area contributed by atoms with E-state index in [4.69, 9.17) is 13.9 Å². The van der Waals surface area contributed by atoms with E-state index in [0.29, 0.717) is 13.2 Å². The maximum Gasteiger partial charge on any atom is 0.223 e. The molecule has 0 amide bonds. The van der Waals surface area contributed by atoms with E-state index < -0.39 is 9.76 Å². The molecule has 0 bridgehead atoms. The van der Waals surface area contributed by atoms with Crippen molar-refractivity contribution in [2.45, 2.75) is 32.6 Å². The highest BCUT2D eigenvalue weighted by Gasteiger charge is 2.08. The zero-order valence-electron chi connectivity index (χ0n) is 12.6. The van der Waals surface area contributed by atoms with Gasteiger partial charge in [-0.05, 0) is 37.8 Å². The molecule has 1 rings (SSSR count). The normalized spacial score (nSPS) is 11.6. The highest BCUT2D eigenvalue weighted by atomic mass is 28.2. The largest absolute Gasteiger partial charge is 0.418 e. The fourth-order valence-electron chi connectivity index (χ4n) is 1.89. The van der Waals surface area contributed by atoms with Gasteiger partial charge in [0, 0.05) is 19.8 Å². The van der Waals surface area contributed by atoms with Gasteiger partial charge >= 0.3 is 0 Å². The number of hydrogen-bond acceptors (Lipinski definition) is 3. The Bertz CT molecular complexity index is 358. The monoisotopic (exact) mass is 294 g/mol. The van der Waals surface area contributed by atoms with Gasteiger partial charge in [-0.15, -0.1) is 0 Å². The van der Waals surface area contributed by atoms with Crippen molar-refractivity contribution in [3.8, 4) is 0 Å². The summed E-state index contributed by atoms with van der Waals surface area (Å²) < 4.78 is 16.7. The smallest absolute Gasteiger partial charge is 0.223 e. The first-order valence-corrected chi connectivity index (χ1v) is 8.71. The molecule has 0 spiro atoms. The number of ether oxygens (including phenoxy) is 2. The molecule has 0 aliphatic carbocycles. The molecule has 0 aliphatic rings. The number of rotatable bonds is 11. The molecule has 0 saturated heterocycles. The SMILES string of the molecule is C=Cc1ccc(CCCO[SiH2]C(OCC)OCC)cc1. The summed E-state index contributed by atoms with van der Waals surface area (Å²) in [4.78, 5) is 0. The molecule has 0 fully saturated rings. The van der Waals surface area contributed by atoms with E-state index in [2.05, 4.69) is 30.8 Å². The Morgan fingerprint density at radius 1 is 1.15 bits per heavy atom. The molecule has 0 radical (unpaired) electrons. The van der Waals surface area contributed by atoms with Gasteiger partial charge < -0.3 is 13.9 Å². The molecule has 3 nitrogen and oxygen atoms in total. The Hall–Kier alpha value is -0.943. The van der Waals surface area contributed by atoms with E-state index in [9.17, 15) is 0 Å². The van der Waals surface area contributed by atoms with E-state index in [-0.39, 0.29) is 5.91 Å². The van der Waals surface area contributed by atoms with Crippen LogP contribution in [0.25, 0.3) is 6.08 Å². The molecule has 0 saturated carbocycles. The maximum atomic E-state index is 5.74. The van der Waals surface area contributed by atoms with E-state index in [1.165, 1.54) is 5.56 Å². The average Bonchev–Trinajstić information content (AvgIpc) is 2.48. The molecule has 0 atom stereocenters. The summed E-state index contributed by atoms with van der Waals surface area (Å²) in [6, 6.07) is 8.49. The average molecular weight is 294 g/mol. The summed E-state index contributed by atoms with van der Waals surface area (Å²) >= 11 is 0. The lowest BCUT2D eigenvalue weighted by atomic mass is 10.1. The first-order chi connectivity index (χ1) is 9.80. The van der Waals surface area contributed by atoms with Gasteiger partial charge in [0.25, 0.3) is 0 Å². The minimum Gasteiger partial charge on any atom is -0.418 e. The minimum absolute atomic E-state index is 0.100. The molecule has 20 heavy (non-hydrogen) atoms. The van der Waals surface area contributed by atoms with Crippen molar-refractivity contribution in [3.63, 3.8) is 0 Å². The van der Waals surface area contributed by atoms with Crippen molar-refractivity contribution in [1.82, 2.24) is 0 Å². The van der Waals surface area contributed by atoms with Gasteiger partial charge in [-0.2, -0.15) is 0 Å². The second-order valence-corrected chi connectivity index (χ2v) is 5.87. The van der Waals surface area contributed by atoms with Gasteiger partial charge in [0.05, 0.1) is 0 Å². The van der Waals surface area contributed by atoms with Crippen molar-refractivity contribution < 1.29 is 13.9 Å². The summed E-state index contributed by atoms with van der Waals surface area (Å²) in [6.07, 6.45) is 3.94. The van der Waals surface area contributed by atoms with Gasteiger partial charge in [-0.1, -0.05) is 36.9 Å². The van der Waals surface area contributed by atoms with E-state index in [1.807, 2.05) is 19.9 Å². The van der Waals surface area contributed by atoms with Gasteiger partial charge in [0.1, 0.15) is 0 Å². The van der Waals surface area contributed by atoms with Crippen molar-refractivity contribution in [1.29, 1.82) is 0 Å².